The van der Waals surface area contributed by atoms with Crippen molar-refractivity contribution in [2.45, 2.75) is 17.5 Å². The molecular formula is C31H22Cl2N4O4. The van der Waals surface area contributed by atoms with E-state index in [2.05, 4.69) is 16.0 Å². The highest BCUT2D eigenvalue weighted by atomic mass is 35.5. The molecule has 0 unspecified atom stereocenters. The van der Waals surface area contributed by atoms with Gasteiger partial charge in [0.15, 0.2) is 5.78 Å². The lowest BCUT2D eigenvalue weighted by Crippen LogP contribution is -2.62. The molecule has 1 fully saturated rings. The Morgan fingerprint density at radius 3 is 2.32 bits per heavy atom. The maximum Gasteiger partial charge on any atom is 0.293 e. The summed E-state index contributed by atoms with van der Waals surface area (Å²) in [6.07, 6.45) is 0. The molecular weight excluding hydrogens is 563 g/mol. The first-order chi connectivity index (χ1) is 19.8. The summed E-state index contributed by atoms with van der Waals surface area (Å²) >= 11 is 12.8. The van der Waals surface area contributed by atoms with Gasteiger partial charge in [-0.05, 0) is 47.5 Å². The number of nitro benzene ring substituents is 1. The van der Waals surface area contributed by atoms with Gasteiger partial charge in [0.1, 0.15) is 11.2 Å². The molecule has 10 heteroatoms. The van der Waals surface area contributed by atoms with Gasteiger partial charge in [-0.3, -0.25) is 25.0 Å². The number of carbonyl (C=O) groups excluding carboxylic acids is 2. The second-order valence-electron chi connectivity index (χ2n) is 10.6. The summed E-state index contributed by atoms with van der Waals surface area (Å²) in [7, 11) is 0. The minimum absolute atomic E-state index is 0.0489. The summed E-state index contributed by atoms with van der Waals surface area (Å²) in [5.74, 6) is -1.36. The largest absolute Gasteiger partial charge is 0.378 e. The lowest BCUT2D eigenvalue weighted by molar-refractivity contribution is -0.384. The van der Waals surface area contributed by atoms with E-state index < -0.39 is 33.7 Å². The second kappa shape index (κ2) is 9.14. The third-order valence-corrected chi connectivity index (χ3v) is 9.19. The molecule has 3 N–H and O–H groups in total. The Hall–Kier alpha value is -4.24. The maximum atomic E-state index is 15.1. The number of benzene rings is 4. The normalized spacial score (nSPS) is 26.0. The van der Waals surface area contributed by atoms with Crippen LogP contribution in [-0.2, 0) is 10.3 Å². The third-order valence-electron chi connectivity index (χ3n) is 8.70. The first-order valence-electron chi connectivity index (χ1n) is 13.0. The number of hydrogen-bond acceptors (Lipinski definition) is 6. The molecule has 0 aromatic heterocycles. The SMILES string of the molecule is O=C1c2cccc([N+](=O)[O-])c2NC[C@@]12[C@H](c1ccc(Cl)cc1)[C@@H](c1ccccc1)N[C@]21C(=O)Nc2ccc(Cl)cc21. The zero-order chi connectivity index (χ0) is 28.5. The van der Waals surface area contributed by atoms with Gasteiger partial charge < -0.3 is 10.6 Å². The van der Waals surface area contributed by atoms with Crippen molar-refractivity contribution in [2.75, 3.05) is 17.2 Å². The predicted octanol–water partition coefficient (Wildman–Crippen LogP) is 6.47. The number of nitro groups is 1. The fourth-order valence-corrected chi connectivity index (χ4v) is 7.37. The monoisotopic (exact) mass is 584 g/mol. The summed E-state index contributed by atoms with van der Waals surface area (Å²) in [5, 5.41) is 22.7. The van der Waals surface area contributed by atoms with Crippen LogP contribution in [0.25, 0.3) is 0 Å². The predicted molar refractivity (Wildman–Crippen MR) is 157 cm³/mol. The van der Waals surface area contributed by atoms with Crippen LogP contribution in [-0.4, -0.2) is 23.2 Å². The van der Waals surface area contributed by atoms with Crippen LogP contribution in [0.3, 0.4) is 0 Å². The van der Waals surface area contributed by atoms with Crippen LogP contribution < -0.4 is 16.0 Å². The standard InChI is InChI=1S/C31H22Cl2N4O4/c32-19-11-9-17(10-12-19)25-26(18-5-2-1-3-6-18)36-31(22-15-20(33)13-14-23(22)35-29(31)39)30(25)16-34-27-21(28(30)38)7-4-8-24(27)37(40)41/h1-15,25-26,34,36H,16H2,(H,35,39)/t25-,26-,30-,31-/m1/s1. The smallest absolute Gasteiger partial charge is 0.293 e. The summed E-state index contributed by atoms with van der Waals surface area (Å²) in [6, 6.07) is 26.0. The molecule has 0 bridgehead atoms. The number of Topliss-reactive ketones (excluding diaryl/α,β-unsaturated/α-hetero) is 1. The number of amides is 1. The molecule has 0 aliphatic carbocycles. The fourth-order valence-electron chi connectivity index (χ4n) is 7.08. The number of nitrogens with one attached hydrogen (secondary N) is 3. The van der Waals surface area contributed by atoms with Crippen LogP contribution in [0.1, 0.15) is 39.0 Å². The zero-order valence-electron chi connectivity index (χ0n) is 21.4. The number of halogens is 2. The lowest BCUT2D eigenvalue weighted by atomic mass is 9.55. The highest BCUT2D eigenvalue weighted by molar-refractivity contribution is 6.31. The van der Waals surface area contributed by atoms with Crippen molar-refractivity contribution in [3.8, 4) is 0 Å². The molecule has 3 heterocycles. The van der Waals surface area contributed by atoms with E-state index in [0.29, 0.717) is 21.3 Å². The highest BCUT2D eigenvalue weighted by Gasteiger charge is 2.74. The first kappa shape index (κ1) is 25.7. The molecule has 8 nitrogen and oxygen atoms in total. The Morgan fingerprint density at radius 2 is 1.59 bits per heavy atom. The van der Waals surface area contributed by atoms with E-state index in [0.717, 1.165) is 11.1 Å². The van der Waals surface area contributed by atoms with Gasteiger partial charge >= 0.3 is 0 Å². The summed E-state index contributed by atoms with van der Waals surface area (Å²) in [4.78, 5) is 40.8. The van der Waals surface area contributed by atoms with Crippen molar-refractivity contribution in [2.24, 2.45) is 5.41 Å². The van der Waals surface area contributed by atoms with Crippen LogP contribution >= 0.6 is 23.2 Å². The highest BCUT2D eigenvalue weighted by Crippen LogP contribution is 2.66. The molecule has 1 saturated heterocycles. The van der Waals surface area contributed by atoms with Gasteiger partial charge in [0, 0.05) is 51.4 Å². The van der Waals surface area contributed by atoms with Crippen LogP contribution in [0.2, 0.25) is 10.0 Å². The van der Waals surface area contributed by atoms with E-state index in [9.17, 15) is 14.9 Å². The average molecular weight is 585 g/mol. The van der Waals surface area contributed by atoms with Gasteiger partial charge in [-0.15, -0.1) is 0 Å². The van der Waals surface area contributed by atoms with Crippen molar-refractivity contribution in [3.63, 3.8) is 0 Å². The number of nitrogens with zero attached hydrogens (tertiary/aromatic N) is 1. The molecule has 3 aliphatic rings. The van der Waals surface area contributed by atoms with E-state index in [1.54, 1.807) is 36.4 Å². The average Bonchev–Trinajstić information content (AvgIpc) is 3.44. The molecule has 41 heavy (non-hydrogen) atoms. The van der Waals surface area contributed by atoms with E-state index in [-0.39, 0.29) is 29.3 Å². The van der Waals surface area contributed by atoms with Crippen molar-refractivity contribution >= 4 is 52.0 Å². The molecule has 4 aromatic rings. The Labute approximate surface area is 244 Å². The number of hydrogen-bond donors (Lipinski definition) is 3. The number of ketones is 1. The van der Waals surface area contributed by atoms with Gasteiger partial charge in [-0.1, -0.05) is 71.7 Å². The number of anilines is 2. The quantitative estimate of drug-likeness (QED) is 0.188. The molecule has 4 aromatic carbocycles. The molecule has 1 amide bonds. The zero-order valence-corrected chi connectivity index (χ0v) is 22.9. The van der Waals surface area contributed by atoms with Crippen molar-refractivity contribution in [1.82, 2.24) is 5.32 Å². The number of para-hydroxylation sites is 1. The van der Waals surface area contributed by atoms with Crippen LogP contribution in [0.4, 0.5) is 17.1 Å². The van der Waals surface area contributed by atoms with E-state index in [1.807, 2.05) is 42.5 Å². The van der Waals surface area contributed by atoms with Gasteiger partial charge in [0.2, 0.25) is 0 Å². The van der Waals surface area contributed by atoms with Crippen LogP contribution in [0.15, 0.2) is 91.0 Å². The molecule has 204 valence electrons. The maximum absolute atomic E-state index is 15.1. The van der Waals surface area contributed by atoms with E-state index in [4.69, 9.17) is 23.2 Å². The van der Waals surface area contributed by atoms with Gasteiger partial charge in [-0.25, -0.2) is 0 Å². The van der Waals surface area contributed by atoms with Gasteiger partial charge in [0.05, 0.1) is 10.3 Å². The van der Waals surface area contributed by atoms with Crippen molar-refractivity contribution < 1.29 is 14.5 Å². The van der Waals surface area contributed by atoms with E-state index in [1.165, 1.54) is 12.1 Å². The minimum Gasteiger partial charge on any atom is -0.378 e. The first-order valence-corrected chi connectivity index (χ1v) is 13.8. The van der Waals surface area contributed by atoms with Crippen LogP contribution in [0.5, 0.6) is 0 Å². The minimum atomic E-state index is -1.57. The Bertz CT molecular complexity index is 1760. The summed E-state index contributed by atoms with van der Waals surface area (Å²) < 4.78 is 0. The molecule has 2 spiro atoms. The van der Waals surface area contributed by atoms with Gasteiger partial charge in [-0.2, -0.15) is 0 Å². The third kappa shape index (κ3) is 3.45. The molecule has 0 saturated carbocycles. The lowest BCUT2D eigenvalue weighted by Gasteiger charge is -2.46. The van der Waals surface area contributed by atoms with Crippen molar-refractivity contribution in [3.05, 3.63) is 133 Å². The fraction of sp³-hybridized carbons (Fsp3) is 0.161. The topological polar surface area (TPSA) is 113 Å². The molecule has 7 rings (SSSR count). The Balaban J connectivity index is 1.58. The number of rotatable bonds is 3. The molecule has 0 radical (unpaired) electrons. The Morgan fingerprint density at radius 1 is 0.854 bits per heavy atom. The second-order valence-corrected chi connectivity index (χ2v) is 11.4. The summed E-state index contributed by atoms with van der Waals surface area (Å²) in [6.45, 7) is -0.0489. The molecule has 4 atom stereocenters. The number of fused-ring (bicyclic) bond motifs is 4. The number of carbonyl (C=O) groups is 2. The van der Waals surface area contributed by atoms with E-state index >= 15 is 4.79 Å². The van der Waals surface area contributed by atoms with Crippen molar-refractivity contribution in [1.29, 1.82) is 0 Å². The van der Waals surface area contributed by atoms with Gasteiger partial charge in [0.25, 0.3) is 11.6 Å². The van der Waals surface area contributed by atoms with Crippen LogP contribution in [0, 0.1) is 15.5 Å². The Kier molecular flexibility index (Phi) is 5.73. The molecule has 3 aliphatic heterocycles. The summed E-state index contributed by atoms with van der Waals surface area (Å²) in [5.41, 5.74) is -0.164.